The number of para-hydroxylation sites is 1. The van der Waals surface area contributed by atoms with E-state index in [0.29, 0.717) is 13.1 Å². The number of benzene rings is 2. The first-order valence-electron chi connectivity index (χ1n) is 8.36. The van der Waals surface area contributed by atoms with Gasteiger partial charge in [0, 0.05) is 40.2 Å². The SMILES string of the molecule is NC(=O)N1CCc2ccc3cc(-c4c[nH]c5ccccc45)oc3c2C1. The summed E-state index contributed by atoms with van der Waals surface area (Å²) in [5.74, 6) is 0.831. The van der Waals surface area contributed by atoms with Crippen molar-refractivity contribution < 1.29 is 9.21 Å². The molecule has 0 saturated carbocycles. The number of aromatic amines is 1. The smallest absolute Gasteiger partial charge is 0.315 e. The Morgan fingerprint density at radius 3 is 2.96 bits per heavy atom. The number of aromatic nitrogens is 1. The number of nitrogens with two attached hydrogens (primary N) is 1. The molecule has 0 atom stereocenters. The second kappa shape index (κ2) is 5.14. The molecule has 0 unspecified atom stereocenters. The van der Waals surface area contributed by atoms with E-state index < -0.39 is 0 Å². The number of nitrogens with one attached hydrogen (secondary N) is 1. The molecule has 0 aliphatic carbocycles. The number of hydrogen-bond donors (Lipinski definition) is 2. The Balaban J connectivity index is 1.68. The summed E-state index contributed by atoms with van der Waals surface area (Å²) in [7, 11) is 0. The zero-order valence-corrected chi connectivity index (χ0v) is 13.6. The summed E-state index contributed by atoms with van der Waals surface area (Å²) in [5, 5.41) is 2.18. The number of H-pyrrole nitrogens is 1. The van der Waals surface area contributed by atoms with Gasteiger partial charge in [0.1, 0.15) is 11.3 Å². The quantitative estimate of drug-likeness (QED) is 0.553. The molecule has 25 heavy (non-hydrogen) atoms. The maximum absolute atomic E-state index is 11.6. The van der Waals surface area contributed by atoms with Crippen LogP contribution in [0.3, 0.4) is 0 Å². The number of carbonyl (C=O) groups excluding carboxylic acids is 1. The molecule has 2 amide bonds. The highest BCUT2D eigenvalue weighted by Gasteiger charge is 2.23. The molecule has 0 fully saturated rings. The first kappa shape index (κ1) is 14.2. The number of primary amides is 1. The zero-order chi connectivity index (χ0) is 17.0. The van der Waals surface area contributed by atoms with Gasteiger partial charge in [-0.2, -0.15) is 0 Å². The fourth-order valence-corrected chi connectivity index (χ4v) is 3.73. The third-order valence-electron chi connectivity index (χ3n) is 5.05. The van der Waals surface area contributed by atoms with E-state index in [-0.39, 0.29) is 6.03 Å². The summed E-state index contributed by atoms with van der Waals surface area (Å²) < 4.78 is 6.25. The summed E-state index contributed by atoms with van der Waals surface area (Å²) in [5.41, 5.74) is 10.7. The molecule has 2 aromatic carbocycles. The minimum absolute atomic E-state index is 0.383. The highest BCUT2D eigenvalue weighted by atomic mass is 16.3. The van der Waals surface area contributed by atoms with Crippen LogP contribution in [0, 0.1) is 0 Å². The molecule has 0 bridgehead atoms. The van der Waals surface area contributed by atoms with Crippen molar-refractivity contribution in [3.8, 4) is 11.3 Å². The molecule has 124 valence electrons. The van der Waals surface area contributed by atoms with Crippen molar-refractivity contribution in [2.45, 2.75) is 13.0 Å². The molecule has 0 radical (unpaired) electrons. The lowest BCUT2D eigenvalue weighted by atomic mass is 9.98. The predicted octanol–water partition coefficient (Wildman–Crippen LogP) is 4.02. The lowest BCUT2D eigenvalue weighted by Gasteiger charge is -2.27. The Morgan fingerprint density at radius 1 is 1.20 bits per heavy atom. The number of furan rings is 1. The summed E-state index contributed by atoms with van der Waals surface area (Å²) in [6.45, 7) is 1.16. The molecule has 1 aliphatic rings. The van der Waals surface area contributed by atoms with Crippen molar-refractivity contribution in [2.75, 3.05) is 6.54 Å². The van der Waals surface area contributed by atoms with Gasteiger partial charge in [-0.25, -0.2) is 4.79 Å². The van der Waals surface area contributed by atoms with Crippen molar-refractivity contribution in [3.63, 3.8) is 0 Å². The third-order valence-corrected chi connectivity index (χ3v) is 5.05. The van der Waals surface area contributed by atoms with Gasteiger partial charge in [0.05, 0.1) is 6.54 Å². The van der Waals surface area contributed by atoms with E-state index in [9.17, 15) is 4.79 Å². The van der Waals surface area contributed by atoms with E-state index in [1.54, 1.807) is 4.90 Å². The molecule has 5 heteroatoms. The van der Waals surface area contributed by atoms with Crippen molar-refractivity contribution >= 4 is 27.9 Å². The van der Waals surface area contributed by atoms with Crippen LogP contribution in [0.25, 0.3) is 33.2 Å². The number of amides is 2. The molecule has 2 aromatic heterocycles. The van der Waals surface area contributed by atoms with E-state index in [4.69, 9.17) is 10.2 Å². The predicted molar refractivity (Wildman–Crippen MR) is 97.2 cm³/mol. The molecule has 1 aliphatic heterocycles. The van der Waals surface area contributed by atoms with Gasteiger partial charge < -0.3 is 20.0 Å². The average Bonchev–Trinajstić information content (AvgIpc) is 3.24. The second-order valence-corrected chi connectivity index (χ2v) is 6.49. The number of carbonyl (C=O) groups is 1. The Bertz CT molecular complexity index is 1120. The van der Waals surface area contributed by atoms with E-state index in [1.165, 1.54) is 5.56 Å². The topological polar surface area (TPSA) is 75.3 Å². The van der Waals surface area contributed by atoms with Crippen molar-refractivity contribution in [2.24, 2.45) is 5.73 Å². The van der Waals surface area contributed by atoms with Crippen LogP contribution >= 0.6 is 0 Å². The van der Waals surface area contributed by atoms with Crippen LogP contribution < -0.4 is 5.73 Å². The molecular formula is C20H17N3O2. The van der Waals surface area contributed by atoms with Crippen molar-refractivity contribution in [3.05, 3.63) is 59.8 Å². The summed E-state index contributed by atoms with van der Waals surface area (Å²) in [6.07, 6.45) is 2.78. The highest BCUT2D eigenvalue weighted by Crippen LogP contribution is 2.36. The molecule has 5 nitrogen and oxygen atoms in total. The van der Waals surface area contributed by atoms with Gasteiger partial charge >= 0.3 is 6.03 Å². The summed E-state index contributed by atoms with van der Waals surface area (Å²) >= 11 is 0. The van der Waals surface area contributed by atoms with Gasteiger partial charge in [-0.15, -0.1) is 0 Å². The van der Waals surface area contributed by atoms with Crippen LogP contribution in [0.4, 0.5) is 4.79 Å². The van der Waals surface area contributed by atoms with Gasteiger partial charge in [-0.05, 0) is 24.1 Å². The van der Waals surface area contributed by atoms with Gasteiger partial charge in [0.2, 0.25) is 0 Å². The lowest BCUT2D eigenvalue weighted by Crippen LogP contribution is -2.39. The lowest BCUT2D eigenvalue weighted by molar-refractivity contribution is 0.202. The maximum Gasteiger partial charge on any atom is 0.315 e. The fourth-order valence-electron chi connectivity index (χ4n) is 3.73. The Hall–Kier alpha value is -3.21. The van der Waals surface area contributed by atoms with Gasteiger partial charge in [0.25, 0.3) is 0 Å². The molecule has 0 spiro atoms. The molecule has 0 saturated heterocycles. The van der Waals surface area contributed by atoms with E-state index in [0.717, 1.165) is 45.2 Å². The van der Waals surface area contributed by atoms with Crippen LogP contribution in [0.2, 0.25) is 0 Å². The van der Waals surface area contributed by atoms with Crippen LogP contribution in [0.15, 0.2) is 53.1 Å². The number of hydrogen-bond acceptors (Lipinski definition) is 2. The first-order valence-corrected chi connectivity index (χ1v) is 8.36. The largest absolute Gasteiger partial charge is 0.456 e. The first-order chi connectivity index (χ1) is 12.2. The summed E-state index contributed by atoms with van der Waals surface area (Å²) in [6, 6.07) is 14.1. The fraction of sp³-hybridized carbons (Fsp3) is 0.150. The monoisotopic (exact) mass is 331 g/mol. The highest BCUT2D eigenvalue weighted by molar-refractivity contribution is 5.97. The second-order valence-electron chi connectivity index (χ2n) is 6.49. The van der Waals surface area contributed by atoms with Crippen molar-refractivity contribution in [1.29, 1.82) is 0 Å². The third kappa shape index (κ3) is 2.12. The maximum atomic E-state index is 11.6. The molecule has 3 heterocycles. The zero-order valence-electron chi connectivity index (χ0n) is 13.6. The van der Waals surface area contributed by atoms with Crippen LogP contribution in [-0.2, 0) is 13.0 Å². The van der Waals surface area contributed by atoms with Crippen LogP contribution in [-0.4, -0.2) is 22.5 Å². The van der Waals surface area contributed by atoms with Gasteiger partial charge in [0.15, 0.2) is 0 Å². The number of rotatable bonds is 1. The van der Waals surface area contributed by atoms with Gasteiger partial charge in [-0.3, -0.25) is 0 Å². The molecule has 5 rings (SSSR count). The Labute approximate surface area is 144 Å². The van der Waals surface area contributed by atoms with Crippen molar-refractivity contribution in [1.82, 2.24) is 9.88 Å². The minimum atomic E-state index is -0.383. The standard InChI is InChI=1S/C20H17N3O2/c21-20(24)23-8-7-12-5-6-13-9-18(25-19(13)16(12)11-23)15-10-22-17-4-2-1-3-14(15)17/h1-6,9-10,22H,7-8,11H2,(H2,21,24). The number of fused-ring (bicyclic) bond motifs is 4. The van der Waals surface area contributed by atoms with E-state index in [1.807, 2.05) is 24.4 Å². The van der Waals surface area contributed by atoms with Gasteiger partial charge in [-0.1, -0.05) is 30.3 Å². The van der Waals surface area contributed by atoms with E-state index >= 15 is 0 Å². The number of nitrogens with zero attached hydrogens (tertiary/aromatic N) is 1. The molecular weight excluding hydrogens is 314 g/mol. The Morgan fingerprint density at radius 2 is 2.08 bits per heavy atom. The van der Waals surface area contributed by atoms with Crippen LogP contribution in [0.1, 0.15) is 11.1 Å². The minimum Gasteiger partial charge on any atom is -0.456 e. The Kier molecular flexibility index (Phi) is 2.91. The normalized spacial score (nSPS) is 14.2. The van der Waals surface area contributed by atoms with Crippen LogP contribution in [0.5, 0.6) is 0 Å². The molecule has 4 aromatic rings. The molecule has 3 N–H and O–H groups in total. The number of urea groups is 1. The van der Waals surface area contributed by atoms with E-state index in [2.05, 4.69) is 29.2 Å². The average molecular weight is 331 g/mol. The summed E-state index contributed by atoms with van der Waals surface area (Å²) in [4.78, 5) is 16.5.